The first-order valence-corrected chi connectivity index (χ1v) is 8.00. The number of rotatable bonds is 5. The number of aryl methyl sites for hydroxylation is 1. The Morgan fingerprint density at radius 2 is 1.96 bits per heavy atom. The topological polar surface area (TPSA) is 60.9 Å². The second-order valence-electron chi connectivity index (χ2n) is 6.05. The number of hydrogen-bond donors (Lipinski definition) is 0. The first kappa shape index (κ1) is 15.5. The lowest BCUT2D eigenvalue weighted by Crippen LogP contribution is -2.44. The zero-order valence-corrected chi connectivity index (χ0v) is 13.5. The standard InChI is InChI=1S/C17H21N3O3/c1-3-18(14-7-5-4-6-12(14)2)15(21)11-20-16(22)10-19(17(20)23)13-8-9-13/h4-7,13H,3,8-11H2,1-2H3. The molecular weight excluding hydrogens is 294 g/mol. The quantitative estimate of drug-likeness (QED) is 0.778. The fourth-order valence-corrected chi connectivity index (χ4v) is 2.96. The molecule has 2 fully saturated rings. The van der Waals surface area contributed by atoms with Gasteiger partial charge in [-0.25, -0.2) is 4.79 Å². The molecule has 0 N–H and O–H groups in total. The summed E-state index contributed by atoms with van der Waals surface area (Å²) in [6.45, 7) is 4.23. The Bertz CT molecular complexity index is 654. The summed E-state index contributed by atoms with van der Waals surface area (Å²) in [4.78, 5) is 41.3. The van der Waals surface area contributed by atoms with Gasteiger partial charge in [-0.15, -0.1) is 0 Å². The largest absolute Gasteiger partial charge is 0.327 e. The van der Waals surface area contributed by atoms with Crippen molar-refractivity contribution in [1.82, 2.24) is 9.80 Å². The average molecular weight is 315 g/mol. The van der Waals surface area contributed by atoms with Gasteiger partial charge in [0, 0.05) is 18.3 Å². The lowest BCUT2D eigenvalue weighted by Gasteiger charge is -2.25. The molecule has 1 saturated carbocycles. The Balaban J connectivity index is 1.74. The van der Waals surface area contributed by atoms with E-state index in [-0.39, 0.29) is 37.0 Å². The number of hydrogen-bond acceptors (Lipinski definition) is 3. The third kappa shape index (κ3) is 2.93. The molecule has 3 rings (SSSR count). The minimum Gasteiger partial charge on any atom is -0.312 e. The van der Waals surface area contributed by atoms with Crippen molar-refractivity contribution in [3.05, 3.63) is 29.8 Å². The Kier molecular flexibility index (Phi) is 4.07. The summed E-state index contributed by atoms with van der Waals surface area (Å²) in [6.07, 6.45) is 1.90. The molecular formula is C17H21N3O3. The maximum absolute atomic E-state index is 12.6. The van der Waals surface area contributed by atoms with E-state index in [0.29, 0.717) is 6.54 Å². The second kappa shape index (κ2) is 6.02. The number of urea groups is 1. The van der Waals surface area contributed by atoms with Crippen molar-refractivity contribution in [2.45, 2.75) is 32.7 Å². The van der Waals surface area contributed by atoms with E-state index in [1.807, 2.05) is 38.1 Å². The molecule has 1 aliphatic carbocycles. The highest BCUT2D eigenvalue weighted by Gasteiger charge is 2.44. The molecule has 0 atom stereocenters. The molecule has 1 aromatic rings. The molecule has 2 aliphatic rings. The minimum absolute atomic E-state index is 0.104. The smallest absolute Gasteiger partial charge is 0.312 e. The van der Waals surface area contributed by atoms with E-state index in [2.05, 4.69) is 0 Å². The summed E-state index contributed by atoms with van der Waals surface area (Å²) in [5.74, 6) is -0.516. The maximum atomic E-state index is 12.6. The van der Waals surface area contributed by atoms with Crippen LogP contribution in [0.1, 0.15) is 25.3 Å². The molecule has 6 nitrogen and oxygen atoms in total. The van der Waals surface area contributed by atoms with E-state index in [1.165, 1.54) is 0 Å². The second-order valence-corrected chi connectivity index (χ2v) is 6.05. The molecule has 0 spiro atoms. The van der Waals surface area contributed by atoms with Crippen molar-refractivity contribution in [2.75, 3.05) is 24.5 Å². The number of anilines is 1. The molecule has 0 aromatic heterocycles. The SMILES string of the molecule is CCN(C(=O)CN1C(=O)CN(C2CC2)C1=O)c1ccccc1C. The first-order chi connectivity index (χ1) is 11.0. The van der Waals surface area contributed by atoms with Crippen LogP contribution in [-0.4, -0.2) is 53.3 Å². The molecule has 122 valence electrons. The molecule has 0 unspecified atom stereocenters. The van der Waals surface area contributed by atoms with E-state index in [4.69, 9.17) is 0 Å². The first-order valence-electron chi connectivity index (χ1n) is 8.00. The van der Waals surface area contributed by atoms with Crippen LogP contribution in [0.2, 0.25) is 0 Å². The highest BCUT2D eigenvalue weighted by atomic mass is 16.2. The summed E-state index contributed by atoms with van der Waals surface area (Å²) in [6, 6.07) is 7.46. The number of amides is 4. The van der Waals surface area contributed by atoms with E-state index < -0.39 is 0 Å². The predicted octanol–water partition coefficient (Wildman–Crippen LogP) is 1.77. The highest BCUT2D eigenvalue weighted by Crippen LogP contribution is 2.30. The van der Waals surface area contributed by atoms with Gasteiger partial charge in [-0.1, -0.05) is 18.2 Å². The fraction of sp³-hybridized carbons (Fsp3) is 0.471. The van der Waals surface area contributed by atoms with Crippen molar-refractivity contribution in [2.24, 2.45) is 0 Å². The van der Waals surface area contributed by atoms with E-state index in [0.717, 1.165) is 29.0 Å². The van der Waals surface area contributed by atoms with Gasteiger partial charge in [-0.2, -0.15) is 0 Å². The molecule has 1 heterocycles. The Labute approximate surface area is 135 Å². The molecule has 1 aromatic carbocycles. The predicted molar refractivity (Wildman–Crippen MR) is 86.0 cm³/mol. The van der Waals surface area contributed by atoms with Crippen molar-refractivity contribution in [3.8, 4) is 0 Å². The van der Waals surface area contributed by atoms with Crippen LogP contribution in [0.3, 0.4) is 0 Å². The summed E-state index contributed by atoms with van der Waals surface area (Å²) >= 11 is 0. The van der Waals surface area contributed by atoms with Gasteiger partial charge in [0.2, 0.25) is 5.91 Å². The number of nitrogens with zero attached hydrogens (tertiary/aromatic N) is 3. The number of carbonyl (C=O) groups is 3. The van der Waals surface area contributed by atoms with Gasteiger partial charge >= 0.3 is 6.03 Å². The number of imide groups is 1. The van der Waals surface area contributed by atoms with Crippen LogP contribution >= 0.6 is 0 Å². The van der Waals surface area contributed by atoms with E-state index >= 15 is 0 Å². The zero-order valence-electron chi connectivity index (χ0n) is 13.5. The Hall–Kier alpha value is -2.37. The van der Waals surface area contributed by atoms with Crippen LogP contribution in [0.5, 0.6) is 0 Å². The van der Waals surface area contributed by atoms with E-state index in [1.54, 1.807) is 9.80 Å². The molecule has 6 heteroatoms. The molecule has 23 heavy (non-hydrogen) atoms. The highest BCUT2D eigenvalue weighted by molar-refractivity contribution is 6.07. The summed E-state index contributed by atoms with van der Waals surface area (Å²) in [7, 11) is 0. The van der Waals surface area contributed by atoms with Gasteiger partial charge in [0.1, 0.15) is 13.1 Å². The molecule has 1 saturated heterocycles. The summed E-state index contributed by atoms with van der Waals surface area (Å²) in [5.41, 5.74) is 1.81. The van der Waals surface area contributed by atoms with Crippen LogP contribution in [-0.2, 0) is 9.59 Å². The Morgan fingerprint density at radius 3 is 2.57 bits per heavy atom. The fourth-order valence-electron chi connectivity index (χ4n) is 2.96. The van der Waals surface area contributed by atoms with Crippen LogP contribution in [0.15, 0.2) is 24.3 Å². The van der Waals surface area contributed by atoms with Gasteiger partial charge in [-0.3, -0.25) is 14.5 Å². The van der Waals surface area contributed by atoms with Crippen LogP contribution < -0.4 is 4.90 Å². The van der Waals surface area contributed by atoms with E-state index in [9.17, 15) is 14.4 Å². The lowest BCUT2D eigenvalue weighted by molar-refractivity contribution is -0.129. The van der Waals surface area contributed by atoms with Crippen molar-refractivity contribution in [1.29, 1.82) is 0 Å². The molecule has 4 amide bonds. The van der Waals surface area contributed by atoms with Crippen molar-refractivity contribution < 1.29 is 14.4 Å². The lowest BCUT2D eigenvalue weighted by atomic mass is 10.2. The van der Waals surface area contributed by atoms with Crippen LogP contribution in [0, 0.1) is 6.92 Å². The van der Waals surface area contributed by atoms with Crippen molar-refractivity contribution in [3.63, 3.8) is 0 Å². The van der Waals surface area contributed by atoms with Crippen LogP contribution in [0.4, 0.5) is 10.5 Å². The van der Waals surface area contributed by atoms with Crippen molar-refractivity contribution >= 4 is 23.5 Å². The number of benzene rings is 1. The summed E-state index contributed by atoms with van der Waals surface area (Å²) < 4.78 is 0. The number of likely N-dealkylation sites (N-methyl/N-ethyl adjacent to an activating group) is 1. The number of carbonyl (C=O) groups excluding carboxylic acids is 3. The van der Waals surface area contributed by atoms with Crippen LogP contribution in [0.25, 0.3) is 0 Å². The third-order valence-electron chi connectivity index (χ3n) is 4.39. The molecule has 1 aliphatic heterocycles. The van der Waals surface area contributed by atoms with Gasteiger partial charge in [0.25, 0.3) is 5.91 Å². The molecule has 0 radical (unpaired) electrons. The molecule has 0 bridgehead atoms. The van der Waals surface area contributed by atoms with Gasteiger partial charge in [-0.05, 0) is 38.3 Å². The van der Waals surface area contributed by atoms with Gasteiger partial charge in [0.05, 0.1) is 0 Å². The van der Waals surface area contributed by atoms with Gasteiger partial charge in [0.15, 0.2) is 0 Å². The van der Waals surface area contributed by atoms with Gasteiger partial charge < -0.3 is 9.80 Å². The third-order valence-corrected chi connectivity index (χ3v) is 4.39. The average Bonchev–Trinajstić information content (AvgIpc) is 3.32. The minimum atomic E-state index is -0.327. The maximum Gasteiger partial charge on any atom is 0.327 e. The summed E-state index contributed by atoms with van der Waals surface area (Å²) in [5, 5.41) is 0. The normalized spacial score (nSPS) is 17.8. The monoisotopic (exact) mass is 315 g/mol. The number of para-hydroxylation sites is 1. The zero-order chi connectivity index (χ0) is 16.6. The Morgan fingerprint density at radius 1 is 1.26 bits per heavy atom.